The van der Waals surface area contributed by atoms with E-state index in [0.717, 1.165) is 0 Å². The van der Waals surface area contributed by atoms with Gasteiger partial charge < -0.3 is 10.4 Å². The number of Topliss-reactive ketones (excluding diaryl/α,β-unsaturated/α-hetero) is 1. The predicted octanol–water partition coefficient (Wildman–Crippen LogP) is 1.87. The van der Waals surface area contributed by atoms with Gasteiger partial charge in [0.05, 0.1) is 5.92 Å². The quantitative estimate of drug-likeness (QED) is 0.745. The summed E-state index contributed by atoms with van der Waals surface area (Å²) < 4.78 is 0. The Labute approximate surface area is 118 Å². The standard InChI is InChI=1S/C15H19NO4/c1-3-7-12(17)16-13(15(19)20)10(2)14(18)11-8-5-4-6-9-11/h4-6,8-10,13H,3,7H2,1-2H3,(H,16,17)(H,19,20)/t10-,13-/m0/s1. The van der Waals surface area contributed by atoms with Crippen molar-refractivity contribution in [2.45, 2.75) is 32.7 Å². The normalized spacial score (nSPS) is 13.3. The number of benzene rings is 1. The molecule has 20 heavy (non-hydrogen) atoms. The molecule has 0 saturated heterocycles. The lowest BCUT2D eigenvalue weighted by molar-refractivity contribution is -0.142. The molecule has 0 saturated carbocycles. The third kappa shape index (κ3) is 4.19. The Balaban J connectivity index is 2.84. The lowest BCUT2D eigenvalue weighted by Gasteiger charge is -2.20. The summed E-state index contributed by atoms with van der Waals surface area (Å²) in [7, 11) is 0. The van der Waals surface area contributed by atoms with Crippen LogP contribution in [0.1, 0.15) is 37.0 Å². The van der Waals surface area contributed by atoms with Gasteiger partial charge in [-0.05, 0) is 6.42 Å². The second kappa shape index (κ2) is 7.43. The highest BCUT2D eigenvalue weighted by Gasteiger charge is 2.31. The summed E-state index contributed by atoms with van der Waals surface area (Å²) in [6.45, 7) is 3.34. The molecule has 1 rings (SSSR count). The Morgan fingerprint density at radius 1 is 1.20 bits per heavy atom. The lowest BCUT2D eigenvalue weighted by atomic mass is 9.92. The average Bonchev–Trinajstić information content (AvgIpc) is 2.44. The first kappa shape index (κ1) is 15.9. The van der Waals surface area contributed by atoms with Crippen LogP contribution in [0, 0.1) is 5.92 Å². The smallest absolute Gasteiger partial charge is 0.326 e. The number of hydrogen-bond acceptors (Lipinski definition) is 3. The molecule has 2 N–H and O–H groups in total. The highest BCUT2D eigenvalue weighted by molar-refractivity contribution is 6.01. The number of carbonyl (C=O) groups is 3. The molecule has 1 aromatic rings. The van der Waals surface area contributed by atoms with E-state index in [2.05, 4.69) is 5.32 Å². The number of hydrogen-bond donors (Lipinski definition) is 2. The number of amides is 1. The van der Waals surface area contributed by atoms with E-state index >= 15 is 0 Å². The Hall–Kier alpha value is -2.17. The van der Waals surface area contributed by atoms with Gasteiger partial charge >= 0.3 is 5.97 Å². The van der Waals surface area contributed by atoms with E-state index in [-0.39, 0.29) is 18.1 Å². The fourth-order valence-electron chi connectivity index (χ4n) is 1.89. The summed E-state index contributed by atoms with van der Waals surface area (Å²) in [5, 5.41) is 11.6. The van der Waals surface area contributed by atoms with Crippen molar-refractivity contribution in [1.82, 2.24) is 5.32 Å². The zero-order valence-electron chi connectivity index (χ0n) is 11.6. The molecule has 1 amide bonds. The maximum atomic E-state index is 12.2. The molecule has 0 radical (unpaired) electrons. The van der Waals surface area contributed by atoms with Crippen molar-refractivity contribution >= 4 is 17.7 Å². The Bertz CT molecular complexity index is 484. The minimum absolute atomic E-state index is 0.246. The second-order valence-electron chi connectivity index (χ2n) is 4.65. The summed E-state index contributed by atoms with van der Waals surface area (Å²) >= 11 is 0. The van der Waals surface area contributed by atoms with Crippen LogP contribution in [0.25, 0.3) is 0 Å². The Kier molecular flexibility index (Phi) is 5.90. The molecular weight excluding hydrogens is 258 g/mol. The van der Waals surface area contributed by atoms with Crippen molar-refractivity contribution in [3.63, 3.8) is 0 Å². The summed E-state index contributed by atoms with van der Waals surface area (Å²) in [5.74, 6) is -2.68. The molecule has 2 atom stereocenters. The van der Waals surface area contributed by atoms with Crippen LogP contribution in [0.3, 0.4) is 0 Å². The van der Waals surface area contributed by atoms with Gasteiger partial charge in [-0.1, -0.05) is 44.2 Å². The Morgan fingerprint density at radius 3 is 2.30 bits per heavy atom. The van der Waals surface area contributed by atoms with E-state index < -0.39 is 17.9 Å². The SMILES string of the molecule is CCCC(=O)N[C@H](C(=O)O)[C@H](C)C(=O)c1ccccc1. The molecule has 0 aliphatic rings. The first-order chi connectivity index (χ1) is 9.47. The van der Waals surface area contributed by atoms with Gasteiger partial charge in [0.25, 0.3) is 0 Å². The molecule has 0 aliphatic heterocycles. The minimum atomic E-state index is -1.21. The number of carbonyl (C=O) groups excluding carboxylic acids is 2. The van der Waals surface area contributed by atoms with Gasteiger partial charge in [-0.15, -0.1) is 0 Å². The van der Waals surface area contributed by atoms with E-state index in [1.807, 2.05) is 6.92 Å². The van der Waals surface area contributed by atoms with Crippen LogP contribution < -0.4 is 5.32 Å². The number of rotatable bonds is 7. The van der Waals surface area contributed by atoms with Crippen molar-refractivity contribution in [2.75, 3.05) is 0 Å². The van der Waals surface area contributed by atoms with Crippen LogP contribution in [0.5, 0.6) is 0 Å². The summed E-state index contributed by atoms with van der Waals surface area (Å²) in [6, 6.07) is 7.26. The van der Waals surface area contributed by atoms with Crippen LogP contribution >= 0.6 is 0 Å². The molecule has 5 heteroatoms. The van der Waals surface area contributed by atoms with Crippen molar-refractivity contribution in [1.29, 1.82) is 0 Å². The maximum Gasteiger partial charge on any atom is 0.326 e. The topological polar surface area (TPSA) is 83.5 Å². The molecule has 108 valence electrons. The molecule has 0 aliphatic carbocycles. The zero-order valence-corrected chi connectivity index (χ0v) is 11.6. The third-order valence-corrected chi connectivity index (χ3v) is 3.03. The van der Waals surface area contributed by atoms with Crippen LogP contribution in [-0.2, 0) is 9.59 Å². The van der Waals surface area contributed by atoms with Gasteiger partial charge in [-0.25, -0.2) is 4.79 Å². The van der Waals surface area contributed by atoms with Gasteiger partial charge in [0.15, 0.2) is 5.78 Å². The highest BCUT2D eigenvalue weighted by Crippen LogP contribution is 2.13. The monoisotopic (exact) mass is 277 g/mol. The lowest BCUT2D eigenvalue weighted by Crippen LogP contribution is -2.47. The number of ketones is 1. The molecule has 5 nitrogen and oxygen atoms in total. The fourth-order valence-corrected chi connectivity index (χ4v) is 1.89. The van der Waals surface area contributed by atoms with E-state index in [9.17, 15) is 19.5 Å². The second-order valence-corrected chi connectivity index (χ2v) is 4.65. The molecule has 1 aromatic carbocycles. The summed E-state index contributed by atoms with van der Waals surface area (Å²) in [5.41, 5.74) is 0.441. The van der Waals surface area contributed by atoms with E-state index in [1.54, 1.807) is 30.3 Å². The summed E-state index contributed by atoms with van der Waals surface area (Å²) in [4.78, 5) is 35.0. The maximum absolute atomic E-state index is 12.2. The van der Waals surface area contributed by atoms with Gasteiger partial charge in [-0.2, -0.15) is 0 Å². The molecule has 0 fully saturated rings. The van der Waals surface area contributed by atoms with E-state index in [1.165, 1.54) is 6.92 Å². The van der Waals surface area contributed by atoms with Crippen molar-refractivity contribution < 1.29 is 19.5 Å². The fraction of sp³-hybridized carbons (Fsp3) is 0.400. The van der Waals surface area contributed by atoms with Crippen molar-refractivity contribution in [3.05, 3.63) is 35.9 Å². The van der Waals surface area contributed by atoms with Gasteiger partial charge in [0.1, 0.15) is 6.04 Å². The van der Waals surface area contributed by atoms with Crippen LogP contribution in [0.4, 0.5) is 0 Å². The molecule has 0 spiro atoms. The summed E-state index contributed by atoms with van der Waals surface area (Å²) in [6.07, 6.45) is 0.870. The Morgan fingerprint density at radius 2 is 1.80 bits per heavy atom. The number of carboxylic acid groups (broad SMARTS) is 1. The largest absolute Gasteiger partial charge is 0.480 e. The van der Waals surface area contributed by atoms with Crippen LogP contribution in [0.2, 0.25) is 0 Å². The molecular formula is C15H19NO4. The van der Waals surface area contributed by atoms with Gasteiger partial charge in [0, 0.05) is 12.0 Å². The third-order valence-electron chi connectivity index (χ3n) is 3.03. The van der Waals surface area contributed by atoms with E-state index in [0.29, 0.717) is 12.0 Å². The zero-order chi connectivity index (χ0) is 15.1. The highest BCUT2D eigenvalue weighted by atomic mass is 16.4. The first-order valence-corrected chi connectivity index (χ1v) is 6.58. The van der Waals surface area contributed by atoms with E-state index in [4.69, 9.17) is 0 Å². The van der Waals surface area contributed by atoms with Crippen molar-refractivity contribution in [3.8, 4) is 0 Å². The minimum Gasteiger partial charge on any atom is -0.480 e. The molecule has 0 bridgehead atoms. The van der Waals surface area contributed by atoms with Crippen molar-refractivity contribution in [2.24, 2.45) is 5.92 Å². The van der Waals surface area contributed by atoms with Gasteiger partial charge in [-0.3, -0.25) is 9.59 Å². The van der Waals surface area contributed by atoms with Crippen LogP contribution in [0.15, 0.2) is 30.3 Å². The first-order valence-electron chi connectivity index (χ1n) is 6.58. The van der Waals surface area contributed by atoms with Crippen LogP contribution in [-0.4, -0.2) is 28.8 Å². The number of aliphatic carboxylic acids is 1. The molecule has 0 aromatic heterocycles. The van der Waals surface area contributed by atoms with Gasteiger partial charge in [0.2, 0.25) is 5.91 Å². The number of carboxylic acids is 1. The molecule has 0 heterocycles. The molecule has 0 unspecified atom stereocenters. The predicted molar refractivity (Wildman–Crippen MR) is 74.4 cm³/mol. The number of nitrogens with one attached hydrogen (secondary N) is 1. The average molecular weight is 277 g/mol.